The van der Waals surface area contributed by atoms with E-state index in [1.54, 1.807) is 4.90 Å². The lowest BCUT2D eigenvalue weighted by Crippen LogP contribution is -2.47. The van der Waals surface area contributed by atoms with E-state index in [0.717, 1.165) is 12.0 Å². The van der Waals surface area contributed by atoms with Gasteiger partial charge in [0.05, 0.1) is 18.8 Å². The first-order valence-corrected chi connectivity index (χ1v) is 11.5. The van der Waals surface area contributed by atoms with E-state index < -0.39 is 6.03 Å². The quantitative estimate of drug-likeness (QED) is 0.601. The lowest BCUT2D eigenvalue weighted by molar-refractivity contribution is -0.132. The summed E-state index contributed by atoms with van der Waals surface area (Å²) in [5.74, 6) is 0.961. The van der Waals surface area contributed by atoms with E-state index in [0.29, 0.717) is 56.0 Å². The predicted octanol–water partition coefficient (Wildman–Crippen LogP) is 1.86. The van der Waals surface area contributed by atoms with Crippen LogP contribution in [0.5, 0.6) is 5.75 Å². The first-order valence-electron chi connectivity index (χ1n) is 11.5. The summed E-state index contributed by atoms with van der Waals surface area (Å²) in [5.41, 5.74) is 1.98. The fourth-order valence-electron chi connectivity index (χ4n) is 4.12. The average molecular weight is 478 g/mol. The van der Waals surface area contributed by atoms with Crippen molar-refractivity contribution in [3.05, 3.63) is 40.7 Å². The number of aldehydes is 1. The van der Waals surface area contributed by atoms with Crippen LogP contribution in [0.15, 0.2) is 18.3 Å². The molecule has 0 unspecified atom stereocenters. The SMILES string of the molecule is CC(C)Oc1cc(NC(=O)N2CCCc3cc(CN4CCNCC4=O)c(C=O)nc32)ncc1C#N. The maximum Gasteiger partial charge on any atom is 0.328 e. The molecule has 2 N–H and O–H groups in total. The number of hydrogen-bond donors (Lipinski definition) is 2. The number of urea groups is 1. The van der Waals surface area contributed by atoms with Crippen molar-refractivity contribution >= 4 is 29.9 Å². The lowest BCUT2D eigenvalue weighted by atomic mass is 10.0. The largest absolute Gasteiger partial charge is 0.489 e. The molecular formula is C24H27N7O4. The van der Waals surface area contributed by atoms with E-state index in [4.69, 9.17) is 4.74 Å². The van der Waals surface area contributed by atoms with Gasteiger partial charge in [-0.3, -0.25) is 19.8 Å². The number of pyridine rings is 2. The number of carbonyl (C=O) groups excluding carboxylic acids is 3. The third-order valence-electron chi connectivity index (χ3n) is 5.76. The number of anilines is 2. The van der Waals surface area contributed by atoms with Crippen LogP contribution in [-0.4, -0.2) is 65.4 Å². The molecule has 2 aliphatic rings. The summed E-state index contributed by atoms with van der Waals surface area (Å²) >= 11 is 0. The van der Waals surface area contributed by atoms with Crippen LogP contribution in [0.2, 0.25) is 0 Å². The van der Waals surface area contributed by atoms with Gasteiger partial charge < -0.3 is 15.0 Å². The number of amides is 3. The van der Waals surface area contributed by atoms with Crippen molar-refractivity contribution in [2.75, 3.05) is 36.4 Å². The zero-order chi connectivity index (χ0) is 24.9. The molecule has 4 heterocycles. The number of nitrogens with zero attached hydrogens (tertiary/aromatic N) is 5. The molecule has 35 heavy (non-hydrogen) atoms. The lowest BCUT2D eigenvalue weighted by Gasteiger charge is -2.31. The Morgan fingerprint density at radius 2 is 2.20 bits per heavy atom. The van der Waals surface area contributed by atoms with Gasteiger partial charge in [-0.25, -0.2) is 14.8 Å². The van der Waals surface area contributed by atoms with Crippen molar-refractivity contribution in [2.24, 2.45) is 0 Å². The number of aryl methyl sites for hydroxylation is 1. The number of carbonyl (C=O) groups is 3. The number of aromatic nitrogens is 2. The summed E-state index contributed by atoms with van der Waals surface area (Å²) in [5, 5.41) is 15.0. The molecule has 2 aromatic rings. The van der Waals surface area contributed by atoms with E-state index in [9.17, 15) is 19.6 Å². The number of ether oxygens (including phenoxy) is 1. The Morgan fingerprint density at radius 3 is 2.91 bits per heavy atom. The van der Waals surface area contributed by atoms with Crippen LogP contribution in [0.4, 0.5) is 16.4 Å². The smallest absolute Gasteiger partial charge is 0.328 e. The van der Waals surface area contributed by atoms with Crippen LogP contribution in [0.25, 0.3) is 0 Å². The topological polar surface area (TPSA) is 141 Å². The normalized spacial score (nSPS) is 15.4. The highest BCUT2D eigenvalue weighted by atomic mass is 16.5. The van der Waals surface area contributed by atoms with Gasteiger partial charge in [0.2, 0.25) is 5.91 Å². The number of nitrogens with one attached hydrogen (secondary N) is 2. The summed E-state index contributed by atoms with van der Waals surface area (Å²) in [6.07, 6.45) is 3.28. The number of hydrogen-bond acceptors (Lipinski definition) is 8. The molecule has 0 atom stereocenters. The first-order chi connectivity index (χ1) is 16.9. The van der Waals surface area contributed by atoms with Gasteiger partial charge in [-0.1, -0.05) is 0 Å². The number of fused-ring (bicyclic) bond motifs is 1. The van der Waals surface area contributed by atoms with Crippen LogP contribution in [-0.2, 0) is 17.8 Å². The molecule has 0 aliphatic carbocycles. The van der Waals surface area contributed by atoms with Gasteiger partial charge in [0.1, 0.15) is 34.7 Å². The summed E-state index contributed by atoms with van der Waals surface area (Å²) in [6.45, 7) is 5.93. The molecule has 0 bridgehead atoms. The fraction of sp³-hybridized carbons (Fsp3) is 0.417. The van der Waals surface area contributed by atoms with Crippen molar-refractivity contribution in [3.8, 4) is 11.8 Å². The van der Waals surface area contributed by atoms with Crippen molar-refractivity contribution in [2.45, 2.75) is 39.3 Å². The molecule has 4 rings (SSSR count). The Hall–Kier alpha value is -4.04. The average Bonchev–Trinajstić information content (AvgIpc) is 2.84. The minimum Gasteiger partial charge on any atom is -0.489 e. The Kier molecular flexibility index (Phi) is 7.22. The van der Waals surface area contributed by atoms with Gasteiger partial charge in [0.25, 0.3) is 0 Å². The maximum absolute atomic E-state index is 13.1. The highest BCUT2D eigenvalue weighted by molar-refractivity contribution is 6.01. The van der Waals surface area contributed by atoms with E-state index in [-0.39, 0.29) is 35.6 Å². The summed E-state index contributed by atoms with van der Waals surface area (Å²) in [7, 11) is 0. The molecule has 0 spiro atoms. The van der Waals surface area contributed by atoms with Crippen molar-refractivity contribution in [3.63, 3.8) is 0 Å². The van der Waals surface area contributed by atoms with Gasteiger partial charge in [-0.05, 0) is 38.3 Å². The summed E-state index contributed by atoms with van der Waals surface area (Å²) in [6, 6.07) is 4.96. The van der Waals surface area contributed by atoms with Crippen molar-refractivity contribution < 1.29 is 19.1 Å². The number of rotatable bonds is 6. The Morgan fingerprint density at radius 1 is 1.37 bits per heavy atom. The van der Waals surface area contributed by atoms with Gasteiger partial charge in [-0.2, -0.15) is 5.26 Å². The van der Waals surface area contributed by atoms with Crippen LogP contribution < -0.4 is 20.3 Å². The minimum atomic E-state index is -0.451. The second kappa shape index (κ2) is 10.5. The van der Waals surface area contributed by atoms with Gasteiger partial charge in [0, 0.05) is 37.8 Å². The van der Waals surface area contributed by atoms with Crippen LogP contribution >= 0.6 is 0 Å². The number of piperazine rings is 1. The molecule has 0 saturated carbocycles. The van der Waals surface area contributed by atoms with Crippen LogP contribution in [0.1, 0.15) is 47.4 Å². The zero-order valence-electron chi connectivity index (χ0n) is 19.7. The molecule has 2 aromatic heterocycles. The first kappa shape index (κ1) is 24.1. The molecule has 1 fully saturated rings. The predicted molar refractivity (Wildman–Crippen MR) is 127 cm³/mol. The van der Waals surface area contributed by atoms with Crippen molar-refractivity contribution in [1.29, 1.82) is 5.26 Å². The molecule has 1 saturated heterocycles. The van der Waals surface area contributed by atoms with E-state index in [1.807, 2.05) is 26.0 Å². The van der Waals surface area contributed by atoms with Crippen LogP contribution in [0, 0.1) is 11.3 Å². The zero-order valence-corrected chi connectivity index (χ0v) is 19.7. The minimum absolute atomic E-state index is 0.0254. The molecule has 0 aromatic carbocycles. The Balaban J connectivity index is 1.57. The molecule has 3 amide bonds. The fourth-order valence-corrected chi connectivity index (χ4v) is 4.12. The highest BCUT2D eigenvalue weighted by Gasteiger charge is 2.27. The second-order valence-corrected chi connectivity index (χ2v) is 8.65. The molecular weight excluding hydrogens is 450 g/mol. The third-order valence-corrected chi connectivity index (χ3v) is 5.76. The van der Waals surface area contributed by atoms with Crippen LogP contribution in [0.3, 0.4) is 0 Å². The molecule has 2 aliphatic heterocycles. The summed E-state index contributed by atoms with van der Waals surface area (Å²) < 4.78 is 5.66. The van der Waals surface area contributed by atoms with Crippen molar-refractivity contribution in [1.82, 2.24) is 20.2 Å². The summed E-state index contributed by atoms with van der Waals surface area (Å²) in [4.78, 5) is 49.0. The Bertz CT molecular complexity index is 1190. The highest BCUT2D eigenvalue weighted by Crippen LogP contribution is 2.29. The third kappa shape index (κ3) is 5.38. The molecule has 11 heteroatoms. The second-order valence-electron chi connectivity index (χ2n) is 8.65. The van der Waals surface area contributed by atoms with Gasteiger partial charge in [-0.15, -0.1) is 0 Å². The molecule has 11 nitrogen and oxygen atoms in total. The van der Waals surface area contributed by atoms with E-state index >= 15 is 0 Å². The Labute approximate surface area is 203 Å². The van der Waals surface area contributed by atoms with Gasteiger partial charge >= 0.3 is 6.03 Å². The molecule has 0 radical (unpaired) electrons. The standard InChI is InChI=1S/C24H27N7O4/c1-15(2)35-20-9-21(27-11-18(20)10-25)29-24(34)31-6-3-4-16-8-17(19(14-32)28-23(16)31)13-30-7-5-26-12-22(30)33/h8-9,11,14-15,26H,3-7,12-13H2,1-2H3,(H,27,29,34). The van der Waals surface area contributed by atoms with Gasteiger partial charge in [0.15, 0.2) is 6.29 Å². The van der Waals surface area contributed by atoms with E-state index in [2.05, 4.69) is 20.6 Å². The number of nitriles is 1. The van der Waals surface area contributed by atoms with E-state index in [1.165, 1.54) is 17.2 Å². The molecule has 182 valence electrons. The maximum atomic E-state index is 13.1. The monoisotopic (exact) mass is 477 g/mol.